The molecule has 1 heterocycles. The Balaban J connectivity index is 1.94. The number of fused-ring (bicyclic) bond motifs is 1. The van der Waals surface area contributed by atoms with E-state index in [1.165, 1.54) is 6.92 Å². The van der Waals surface area contributed by atoms with Gasteiger partial charge in [-0.3, -0.25) is 4.79 Å². The Hall–Kier alpha value is -1.76. The second-order valence-corrected chi connectivity index (χ2v) is 4.80. The van der Waals surface area contributed by atoms with E-state index in [1.54, 1.807) is 6.07 Å². The highest BCUT2D eigenvalue weighted by atomic mass is 19.4. The topological polar surface area (TPSA) is 47.6 Å². The zero-order valence-corrected chi connectivity index (χ0v) is 11.4. The van der Waals surface area contributed by atoms with Crippen LogP contribution in [0.5, 0.6) is 5.75 Å². The van der Waals surface area contributed by atoms with E-state index in [0.29, 0.717) is 18.8 Å². The molecule has 0 spiro atoms. The molecule has 0 aromatic heterocycles. The third-order valence-electron chi connectivity index (χ3n) is 3.14. The third-order valence-corrected chi connectivity index (χ3v) is 3.14. The lowest BCUT2D eigenvalue weighted by Gasteiger charge is -2.27. The van der Waals surface area contributed by atoms with Gasteiger partial charge in [0.15, 0.2) is 0 Å². The number of carbonyl (C=O) groups is 1. The largest absolute Gasteiger partial charge is 0.493 e. The molecule has 2 unspecified atom stereocenters. The van der Waals surface area contributed by atoms with Crippen LogP contribution in [0.3, 0.4) is 0 Å². The summed E-state index contributed by atoms with van der Waals surface area (Å²) in [5, 5.41) is 2.70. The average Bonchev–Trinajstić information content (AvgIpc) is 2.44. The molecule has 1 aliphatic rings. The number of hydrogen-bond donors (Lipinski definition) is 1. The summed E-state index contributed by atoms with van der Waals surface area (Å²) in [5.41, 5.74) is 0.820. The monoisotopic (exact) mass is 303 g/mol. The van der Waals surface area contributed by atoms with E-state index in [4.69, 9.17) is 4.74 Å². The number of halogens is 3. The molecule has 2 rings (SSSR count). The van der Waals surface area contributed by atoms with Gasteiger partial charge in [0.05, 0.1) is 12.6 Å². The smallest absolute Gasteiger partial charge is 0.411 e. The van der Waals surface area contributed by atoms with Crippen molar-refractivity contribution in [1.82, 2.24) is 5.32 Å². The van der Waals surface area contributed by atoms with Gasteiger partial charge in [0.25, 0.3) is 0 Å². The van der Waals surface area contributed by atoms with Gasteiger partial charge < -0.3 is 14.8 Å². The van der Waals surface area contributed by atoms with E-state index in [0.717, 1.165) is 5.56 Å². The Morgan fingerprint density at radius 3 is 2.90 bits per heavy atom. The fraction of sp³-hybridized carbons (Fsp3) is 0.500. The van der Waals surface area contributed by atoms with Crippen LogP contribution in [0.1, 0.15) is 24.9 Å². The number of nitrogens with one attached hydrogen (secondary N) is 1. The molecule has 0 radical (unpaired) electrons. The molecular formula is C14H16F3NO3. The van der Waals surface area contributed by atoms with Gasteiger partial charge in [-0.15, -0.1) is 0 Å². The SMILES string of the molecule is CC(OCC(F)(F)F)C(=O)NC1CCOc2ccccc21. The molecule has 0 saturated heterocycles. The minimum Gasteiger partial charge on any atom is -0.493 e. The number of benzene rings is 1. The summed E-state index contributed by atoms with van der Waals surface area (Å²) in [4.78, 5) is 11.9. The van der Waals surface area contributed by atoms with Crippen LogP contribution in [0.25, 0.3) is 0 Å². The number of alkyl halides is 3. The van der Waals surface area contributed by atoms with Gasteiger partial charge in [0.2, 0.25) is 5.91 Å². The average molecular weight is 303 g/mol. The number of rotatable bonds is 4. The number of amides is 1. The Morgan fingerprint density at radius 1 is 1.48 bits per heavy atom. The lowest BCUT2D eigenvalue weighted by molar-refractivity contribution is -0.185. The fourth-order valence-corrected chi connectivity index (χ4v) is 2.08. The van der Waals surface area contributed by atoms with E-state index in [1.807, 2.05) is 18.2 Å². The molecule has 1 aromatic rings. The molecule has 116 valence electrons. The maximum absolute atomic E-state index is 12.1. The van der Waals surface area contributed by atoms with Crippen LogP contribution in [-0.2, 0) is 9.53 Å². The van der Waals surface area contributed by atoms with Crippen LogP contribution in [0.15, 0.2) is 24.3 Å². The number of para-hydroxylation sites is 1. The fourth-order valence-electron chi connectivity index (χ4n) is 2.08. The van der Waals surface area contributed by atoms with Crippen molar-refractivity contribution in [2.75, 3.05) is 13.2 Å². The van der Waals surface area contributed by atoms with Crippen molar-refractivity contribution in [3.05, 3.63) is 29.8 Å². The van der Waals surface area contributed by atoms with E-state index in [2.05, 4.69) is 10.1 Å². The lowest BCUT2D eigenvalue weighted by Crippen LogP contribution is -2.40. The van der Waals surface area contributed by atoms with Crippen molar-refractivity contribution in [2.45, 2.75) is 31.7 Å². The highest BCUT2D eigenvalue weighted by Crippen LogP contribution is 2.31. The van der Waals surface area contributed by atoms with Crippen LogP contribution in [0, 0.1) is 0 Å². The molecule has 2 atom stereocenters. The quantitative estimate of drug-likeness (QED) is 0.930. The standard InChI is InChI=1S/C14H16F3NO3/c1-9(21-8-14(15,16)17)13(19)18-11-6-7-20-12-5-3-2-4-10(11)12/h2-5,9,11H,6-8H2,1H3,(H,18,19). The number of carbonyl (C=O) groups excluding carboxylic acids is 1. The molecule has 21 heavy (non-hydrogen) atoms. The second-order valence-electron chi connectivity index (χ2n) is 4.80. The van der Waals surface area contributed by atoms with E-state index in [9.17, 15) is 18.0 Å². The molecule has 0 saturated carbocycles. The first-order valence-electron chi connectivity index (χ1n) is 6.57. The van der Waals surface area contributed by atoms with Crippen LogP contribution in [0.2, 0.25) is 0 Å². The van der Waals surface area contributed by atoms with E-state index >= 15 is 0 Å². The first-order valence-corrected chi connectivity index (χ1v) is 6.57. The second kappa shape index (κ2) is 6.34. The minimum absolute atomic E-state index is 0.278. The molecular weight excluding hydrogens is 287 g/mol. The first-order chi connectivity index (χ1) is 9.87. The Morgan fingerprint density at radius 2 is 2.19 bits per heavy atom. The summed E-state index contributed by atoms with van der Waals surface area (Å²) < 4.78 is 46.2. The zero-order valence-electron chi connectivity index (χ0n) is 11.4. The summed E-state index contributed by atoms with van der Waals surface area (Å²) >= 11 is 0. The Labute approximate surface area is 120 Å². The summed E-state index contributed by atoms with van der Waals surface area (Å²) in [6, 6.07) is 6.96. The molecule has 1 aliphatic heterocycles. The first kappa shape index (κ1) is 15.6. The zero-order chi connectivity index (χ0) is 15.5. The summed E-state index contributed by atoms with van der Waals surface area (Å²) in [5.74, 6) is 0.110. The Kier molecular flexibility index (Phi) is 4.72. The van der Waals surface area contributed by atoms with Crippen molar-refractivity contribution in [1.29, 1.82) is 0 Å². The van der Waals surface area contributed by atoms with Crippen LogP contribution in [-0.4, -0.2) is 31.4 Å². The summed E-state index contributed by atoms with van der Waals surface area (Å²) in [7, 11) is 0. The molecule has 1 aromatic carbocycles. The number of hydrogen-bond acceptors (Lipinski definition) is 3. The van der Waals surface area contributed by atoms with Crippen molar-refractivity contribution in [3.63, 3.8) is 0 Å². The number of ether oxygens (including phenoxy) is 2. The maximum atomic E-state index is 12.1. The van der Waals surface area contributed by atoms with Gasteiger partial charge in [-0.25, -0.2) is 0 Å². The van der Waals surface area contributed by atoms with Crippen molar-refractivity contribution in [3.8, 4) is 5.75 Å². The van der Waals surface area contributed by atoms with Crippen LogP contribution in [0.4, 0.5) is 13.2 Å². The molecule has 1 N–H and O–H groups in total. The van der Waals surface area contributed by atoms with Gasteiger partial charge >= 0.3 is 6.18 Å². The van der Waals surface area contributed by atoms with Crippen molar-refractivity contribution in [2.24, 2.45) is 0 Å². The minimum atomic E-state index is -4.44. The highest BCUT2D eigenvalue weighted by Gasteiger charge is 2.31. The predicted molar refractivity (Wildman–Crippen MR) is 68.9 cm³/mol. The lowest BCUT2D eigenvalue weighted by atomic mass is 10.0. The van der Waals surface area contributed by atoms with E-state index < -0.39 is 24.8 Å². The predicted octanol–water partition coefficient (Wildman–Crippen LogP) is 2.59. The third kappa shape index (κ3) is 4.35. The normalized spacial score (nSPS) is 19.3. The molecule has 0 fully saturated rings. The van der Waals surface area contributed by atoms with Crippen molar-refractivity contribution < 1.29 is 27.4 Å². The Bertz CT molecular complexity index is 504. The van der Waals surface area contributed by atoms with Gasteiger partial charge in [-0.05, 0) is 13.0 Å². The van der Waals surface area contributed by atoms with Crippen LogP contribution < -0.4 is 10.1 Å². The molecule has 7 heteroatoms. The molecule has 1 amide bonds. The van der Waals surface area contributed by atoms with Crippen molar-refractivity contribution >= 4 is 5.91 Å². The molecule has 0 bridgehead atoms. The molecule has 4 nitrogen and oxygen atoms in total. The highest BCUT2D eigenvalue weighted by molar-refractivity contribution is 5.81. The van der Waals surface area contributed by atoms with Gasteiger partial charge in [-0.2, -0.15) is 13.2 Å². The van der Waals surface area contributed by atoms with Gasteiger partial charge in [0, 0.05) is 12.0 Å². The summed E-state index contributed by atoms with van der Waals surface area (Å²) in [6.45, 7) is 0.304. The molecule has 0 aliphatic carbocycles. The van der Waals surface area contributed by atoms with Gasteiger partial charge in [0.1, 0.15) is 18.5 Å². The van der Waals surface area contributed by atoms with Gasteiger partial charge in [-0.1, -0.05) is 18.2 Å². The van der Waals surface area contributed by atoms with Crippen LogP contribution >= 0.6 is 0 Å². The maximum Gasteiger partial charge on any atom is 0.411 e. The summed E-state index contributed by atoms with van der Waals surface area (Å²) in [6.07, 6.45) is -5.05. The van der Waals surface area contributed by atoms with E-state index in [-0.39, 0.29) is 6.04 Å².